The molecule has 0 aromatic carbocycles. The maximum atomic E-state index is 11.4. The molecule has 0 saturated carbocycles. The maximum Gasteiger partial charge on any atom is 0.217 e. The van der Waals surface area contributed by atoms with Crippen LogP contribution in [0.3, 0.4) is 0 Å². The first-order valence-corrected chi connectivity index (χ1v) is 10.6. The van der Waals surface area contributed by atoms with Crippen molar-refractivity contribution < 1.29 is 9.59 Å². The first-order chi connectivity index (χ1) is 11.6. The quantitative estimate of drug-likeness (QED) is 0.253. The topological polar surface area (TPSA) is 72.2 Å². The summed E-state index contributed by atoms with van der Waals surface area (Å²) in [4.78, 5) is 22.2. The van der Waals surface area contributed by atoms with Gasteiger partial charge in [0.1, 0.15) is 0 Å². The zero-order chi connectivity index (χ0) is 18.0. The monoisotopic (exact) mass is 404 g/mol. The molecule has 0 aromatic heterocycles. The lowest BCUT2D eigenvalue weighted by Crippen LogP contribution is -2.35. The van der Waals surface area contributed by atoms with E-state index in [1.165, 1.54) is 70.6 Å². The minimum Gasteiger partial charge on any atom is -0.370 e. The summed E-state index contributed by atoms with van der Waals surface area (Å²) in [5.74, 6) is -0.360. The molecule has 1 atom stereocenters. The number of halogens is 1. The predicted molar refractivity (Wildman–Crippen MR) is 105 cm³/mol. The number of nitrogens with one attached hydrogen (secondary N) is 1. The number of hydrogen-bond donors (Lipinski definition) is 2. The molecular formula is C19H37BrN2O2. The number of carbonyl (C=O) groups is 2. The van der Waals surface area contributed by atoms with Crippen molar-refractivity contribution >= 4 is 26.5 Å². The molecule has 0 heterocycles. The Morgan fingerprint density at radius 2 is 1.33 bits per heavy atom. The molecule has 24 heavy (non-hydrogen) atoms. The van der Waals surface area contributed by atoms with Crippen molar-refractivity contribution in [1.29, 1.82) is 0 Å². The van der Waals surface area contributed by atoms with Crippen molar-refractivity contribution in [2.75, 3.05) is 6.54 Å². The molecule has 0 unspecified atom stereocenters. The Kier molecular flexibility index (Phi) is 17.1. The highest BCUT2D eigenvalue weighted by Crippen LogP contribution is 2.12. The fourth-order valence-electron chi connectivity index (χ4n) is 2.82. The van der Waals surface area contributed by atoms with Gasteiger partial charge in [-0.25, -0.2) is 0 Å². The predicted octanol–water partition coefficient (Wildman–Crippen LogP) is 4.83. The second kappa shape index (κ2) is 17.4. The lowest BCUT2D eigenvalue weighted by molar-refractivity contribution is -0.118. The van der Waals surface area contributed by atoms with E-state index in [2.05, 4.69) is 28.2 Å². The maximum absolute atomic E-state index is 11.4. The number of nitrogens with two attached hydrogens (primary N) is 1. The van der Waals surface area contributed by atoms with Gasteiger partial charge in [0.05, 0.1) is 6.04 Å². The van der Waals surface area contributed by atoms with E-state index >= 15 is 0 Å². The molecule has 0 aromatic rings. The molecule has 3 N–H and O–H groups in total. The average molecular weight is 405 g/mol. The highest BCUT2D eigenvalue weighted by Gasteiger charge is 2.15. The number of hydrogen-bond acceptors (Lipinski definition) is 3. The summed E-state index contributed by atoms with van der Waals surface area (Å²) in [6, 6.07) is -0.301. The highest BCUT2D eigenvalue weighted by molar-refractivity contribution is 9.18. The largest absolute Gasteiger partial charge is 0.370 e. The fraction of sp³-hybridized carbons (Fsp3) is 0.895. The first-order valence-electron chi connectivity index (χ1n) is 9.79. The van der Waals surface area contributed by atoms with Crippen LogP contribution in [0.25, 0.3) is 0 Å². The van der Waals surface area contributed by atoms with Gasteiger partial charge in [-0.15, -0.1) is 0 Å². The van der Waals surface area contributed by atoms with E-state index in [9.17, 15) is 9.59 Å². The van der Waals surface area contributed by atoms with E-state index in [1.54, 1.807) is 0 Å². The standard InChI is InChI=1S/C19H37BrN2O2/c1-2-3-4-5-6-7-8-9-10-11-12-13-16-22-17(19(20)24)14-15-18(21)23/h17,22H,2-16H2,1H3,(H2,21,23)/t17-/m0/s1. The average Bonchev–Trinajstić information content (AvgIpc) is 2.54. The van der Waals surface area contributed by atoms with Crippen LogP contribution in [-0.4, -0.2) is 23.2 Å². The third kappa shape index (κ3) is 16.4. The van der Waals surface area contributed by atoms with Crippen LogP contribution in [0.5, 0.6) is 0 Å². The van der Waals surface area contributed by atoms with E-state index in [4.69, 9.17) is 5.73 Å². The zero-order valence-electron chi connectivity index (χ0n) is 15.5. The van der Waals surface area contributed by atoms with Gasteiger partial charge in [0, 0.05) is 6.42 Å². The minimum atomic E-state index is -0.360. The van der Waals surface area contributed by atoms with E-state index in [-0.39, 0.29) is 23.1 Å². The Hall–Kier alpha value is -0.420. The van der Waals surface area contributed by atoms with E-state index in [0.29, 0.717) is 6.42 Å². The third-order valence-corrected chi connectivity index (χ3v) is 4.93. The van der Waals surface area contributed by atoms with Crippen LogP contribution in [0.4, 0.5) is 0 Å². The Labute approximate surface area is 156 Å². The van der Waals surface area contributed by atoms with Crippen molar-refractivity contribution in [3.63, 3.8) is 0 Å². The van der Waals surface area contributed by atoms with Gasteiger partial charge in [-0.2, -0.15) is 0 Å². The Morgan fingerprint density at radius 3 is 1.75 bits per heavy atom. The Balaban J connectivity index is 3.36. The molecule has 0 aliphatic carbocycles. The first kappa shape index (κ1) is 23.6. The lowest BCUT2D eigenvalue weighted by atomic mass is 10.1. The van der Waals surface area contributed by atoms with Crippen molar-refractivity contribution in [2.24, 2.45) is 5.73 Å². The van der Waals surface area contributed by atoms with Gasteiger partial charge in [-0.05, 0) is 35.3 Å². The summed E-state index contributed by atoms with van der Waals surface area (Å²) in [6.45, 7) is 3.08. The number of carbonyl (C=O) groups excluding carboxylic acids is 2. The molecule has 0 fully saturated rings. The summed E-state index contributed by atoms with van der Waals surface area (Å²) in [7, 11) is 0. The van der Waals surface area contributed by atoms with Gasteiger partial charge in [0.25, 0.3) is 0 Å². The van der Waals surface area contributed by atoms with Crippen molar-refractivity contribution in [3.05, 3.63) is 0 Å². The van der Waals surface area contributed by atoms with Crippen LogP contribution >= 0.6 is 15.9 Å². The molecule has 0 saturated heterocycles. The lowest BCUT2D eigenvalue weighted by Gasteiger charge is -2.13. The molecule has 5 heteroatoms. The smallest absolute Gasteiger partial charge is 0.217 e. The van der Waals surface area contributed by atoms with Crippen LogP contribution in [0.15, 0.2) is 0 Å². The molecule has 0 aliphatic rings. The highest BCUT2D eigenvalue weighted by atomic mass is 79.9. The molecule has 0 rings (SSSR count). The number of unbranched alkanes of at least 4 members (excludes halogenated alkanes) is 11. The molecule has 1 amide bonds. The van der Waals surface area contributed by atoms with E-state index < -0.39 is 0 Å². The summed E-state index contributed by atoms with van der Waals surface area (Å²) < 4.78 is -0.0947. The number of rotatable bonds is 18. The summed E-state index contributed by atoms with van der Waals surface area (Å²) in [5, 5.41) is 3.21. The number of amides is 1. The van der Waals surface area contributed by atoms with Crippen molar-refractivity contribution in [2.45, 2.75) is 103 Å². The molecule has 0 radical (unpaired) electrons. The minimum absolute atomic E-state index is 0.0947. The van der Waals surface area contributed by atoms with Crippen molar-refractivity contribution in [3.8, 4) is 0 Å². The molecule has 4 nitrogen and oxygen atoms in total. The summed E-state index contributed by atoms with van der Waals surface area (Å²) in [5.41, 5.74) is 5.12. The second-order valence-electron chi connectivity index (χ2n) is 6.70. The summed E-state index contributed by atoms with van der Waals surface area (Å²) in [6.07, 6.45) is 16.6. The van der Waals surface area contributed by atoms with Crippen LogP contribution in [0, 0.1) is 0 Å². The molecule has 0 bridgehead atoms. The van der Waals surface area contributed by atoms with E-state index in [0.717, 1.165) is 13.0 Å². The SMILES string of the molecule is CCCCCCCCCCCCCCN[C@@H](CCC(N)=O)C(=O)Br. The van der Waals surface area contributed by atoms with Gasteiger partial charge >= 0.3 is 0 Å². The third-order valence-electron chi connectivity index (χ3n) is 4.37. The molecule has 142 valence electrons. The second-order valence-corrected chi connectivity index (χ2v) is 7.49. The Morgan fingerprint density at radius 1 is 0.875 bits per heavy atom. The van der Waals surface area contributed by atoms with Crippen LogP contribution in [-0.2, 0) is 9.59 Å². The van der Waals surface area contributed by atoms with Crippen LogP contribution in [0.1, 0.15) is 96.8 Å². The normalized spacial score (nSPS) is 12.2. The van der Waals surface area contributed by atoms with Crippen LogP contribution < -0.4 is 11.1 Å². The molecular weight excluding hydrogens is 368 g/mol. The number of primary amides is 1. The summed E-state index contributed by atoms with van der Waals surface area (Å²) >= 11 is 2.98. The molecule has 0 spiro atoms. The fourth-order valence-corrected chi connectivity index (χ4v) is 3.22. The Bertz CT molecular complexity index is 324. The van der Waals surface area contributed by atoms with Gasteiger partial charge in [-0.1, -0.05) is 77.6 Å². The van der Waals surface area contributed by atoms with Crippen molar-refractivity contribution in [1.82, 2.24) is 5.32 Å². The van der Waals surface area contributed by atoms with Gasteiger partial charge in [0.15, 0.2) is 0 Å². The molecule has 0 aliphatic heterocycles. The zero-order valence-corrected chi connectivity index (χ0v) is 17.0. The van der Waals surface area contributed by atoms with E-state index in [1.807, 2.05) is 0 Å². The van der Waals surface area contributed by atoms with Gasteiger partial charge in [0.2, 0.25) is 10.6 Å². The van der Waals surface area contributed by atoms with Gasteiger partial charge < -0.3 is 11.1 Å². The van der Waals surface area contributed by atoms with Crippen LogP contribution in [0.2, 0.25) is 0 Å². The van der Waals surface area contributed by atoms with Gasteiger partial charge in [-0.3, -0.25) is 9.59 Å².